The summed E-state index contributed by atoms with van der Waals surface area (Å²) < 4.78 is 23.9. The zero-order valence-electron chi connectivity index (χ0n) is 11.0. The van der Waals surface area contributed by atoms with E-state index in [1.807, 2.05) is 0 Å². The highest BCUT2D eigenvalue weighted by Crippen LogP contribution is 2.27. The molecule has 0 bridgehead atoms. The molecular formula is C14H15FN2O3. The van der Waals surface area contributed by atoms with Crippen LogP contribution >= 0.6 is 0 Å². The molecule has 3 rings (SSSR count). The first-order valence-corrected chi connectivity index (χ1v) is 6.50. The Kier molecular flexibility index (Phi) is 3.50. The molecule has 0 saturated carbocycles. The lowest BCUT2D eigenvalue weighted by Crippen LogP contribution is -2.30. The summed E-state index contributed by atoms with van der Waals surface area (Å²) in [4.78, 5) is 4.25. The standard InChI is InChI=1S/C14H15FN2O3/c1-8-4-9(6-10(15)5-8)13-16-14(20-17-13)11-7-19-3-2-12(11)18/h4-6,11-12,18H,2-3,7H2,1H3. The number of hydrogen-bond acceptors (Lipinski definition) is 5. The van der Waals surface area contributed by atoms with Crippen molar-refractivity contribution in [1.29, 1.82) is 0 Å². The highest BCUT2D eigenvalue weighted by Gasteiger charge is 2.30. The molecule has 20 heavy (non-hydrogen) atoms. The van der Waals surface area contributed by atoms with Crippen LogP contribution in [0.3, 0.4) is 0 Å². The summed E-state index contributed by atoms with van der Waals surface area (Å²) in [7, 11) is 0. The molecular weight excluding hydrogens is 263 g/mol. The lowest BCUT2D eigenvalue weighted by molar-refractivity contribution is -0.0149. The first-order valence-electron chi connectivity index (χ1n) is 6.50. The molecule has 6 heteroatoms. The van der Waals surface area contributed by atoms with Crippen molar-refractivity contribution in [1.82, 2.24) is 10.1 Å². The minimum absolute atomic E-state index is 0.320. The molecule has 1 saturated heterocycles. The van der Waals surface area contributed by atoms with Gasteiger partial charge < -0.3 is 14.4 Å². The summed E-state index contributed by atoms with van der Waals surface area (Å²) >= 11 is 0. The van der Waals surface area contributed by atoms with E-state index in [4.69, 9.17) is 9.26 Å². The number of rotatable bonds is 2. The van der Waals surface area contributed by atoms with E-state index >= 15 is 0 Å². The quantitative estimate of drug-likeness (QED) is 0.910. The molecule has 1 aliphatic heterocycles. The Morgan fingerprint density at radius 3 is 2.95 bits per heavy atom. The number of aliphatic hydroxyl groups excluding tert-OH is 1. The fraction of sp³-hybridized carbons (Fsp3) is 0.429. The van der Waals surface area contributed by atoms with Crippen LogP contribution in [0.4, 0.5) is 4.39 Å². The third kappa shape index (κ3) is 2.57. The number of halogens is 1. The second kappa shape index (κ2) is 5.30. The Hall–Kier alpha value is -1.79. The van der Waals surface area contributed by atoms with Crippen molar-refractivity contribution >= 4 is 0 Å². The van der Waals surface area contributed by atoms with Crippen molar-refractivity contribution in [2.24, 2.45) is 0 Å². The van der Waals surface area contributed by atoms with Gasteiger partial charge in [0.05, 0.1) is 18.6 Å². The molecule has 0 aliphatic carbocycles. The van der Waals surface area contributed by atoms with Crippen molar-refractivity contribution in [3.63, 3.8) is 0 Å². The van der Waals surface area contributed by atoms with Gasteiger partial charge in [-0.2, -0.15) is 4.98 Å². The monoisotopic (exact) mass is 278 g/mol. The zero-order valence-corrected chi connectivity index (χ0v) is 11.0. The van der Waals surface area contributed by atoms with E-state index in [9.17, 15) is 9.50 Å². The number of nitrogens with zero attached hydrogens (tertiary/aromatic N) is 2. The maximum atomic E-state index is 13.4. The van der Waals surface area contributed by atoms with Crippen LogP contribution in [0.15, 0.2) is 22.7 Å². The normalized spacial score (nSPS) is 22.9. The van der Waals surface area contributed by atoms with Gasteiger partial charge in [-0.05, 0) is 37.1 Å². The third-order valence-electron chi connectivity index (χ3n) is 3.38. The van der Waals surface area contributed by atoms with E-state index < -0.39 is 6.10 Å². The Bertz CT molecular complexity index is 594. The van der Waals surface area contributed by atoms with Gasteiger partial charge in [0.25, 0.3) is 0 Å². The molecule has 2 heterocycles. The van der Waals surface area contributed by atoms with E-state index in [1.54, 1.807) is 13.0 Å². The number of hydrogen-bond donors (Lipinski definition) is 1. The zero-order chi connectivity index (χ0) is 14.1. The van der Waals surface area contributed by atoms with Crippen molar-refractivity contribution in [2.45, 2.75) is 25.4 Å². The summed E-state index contributed by atoms with van der Waals surface area (Å²) in [6, 6.07) is 4.57. The van der Waals surface area contributed by atoms with E-state index in [-0.39, 0.29) is 11.7 Å². The predicted molar refractivity (Wildman–Crippen MR) is 68.6 cm³/mol. The van der Waals surface area contributed by atoms with Crippen LogP contribution in [-0.4, -0.2) is 34.6 Å². The minimum atomic E-state index is -0.550. The smallest absolute Gasteiger partial charge is 0.235 e. The van der Waals surface area contributed by atoms with Crippen LogP contribution in [-0.2, 0) is 4.74 Å². The van der Waals surface area contributed by atoms with Gasteiger partial charge >= 0.3 is 0 Å². The molecule has 2 aromatic rings. The van der Waals surface area contributed by atoms with E-state index in [0.29, 0.717) is 36.9 Å². The average Bonchev–Trinajstić information content (AvgIpc) is 2.87. The lowest BCUT2D eigenvalue weighted by atomic mass is 9.99. The molecule has 2 atom stereocenters. The maximum absolute atomic E-state index is 13.4. The van der Waals surface area contributed by atoms with E-state index in [0.717, 1.165) is 5.56 Å². The van der Waals surface area contributed by atoms with Crippen LogP contribution in [0.1, 0.15) is 23.8 Å². The molecule has 1 fully saturated rings. The van der Waals surface area contributed by atoms with Gasteiger partial charge in [0, 0.05) is 12.2 Å². The molecule has 2 unspecified atom stereocenters. The van der Waals surface area contributed by atoms with E-state index in [1.165, 1.54) is 12.1 Å². The number of ether oxygens (including phenoxy) is 1. The number of benzene rings is 1. The first kappa shape index (κ1) is 13.2. The summed E-state index contributed by atoms with van der Waals surface area (Å²) in [6.45, 7) is 2.68. The van der Waals surface area contributed by atoms with Crippen LogP contribution < -0.4 is 0 Å². The third-order valence-corrected chi connectivity index (χ3v) is 3.38. The van der Waals surface area contributed by atoms with Gasteiger partial charge in [-0.15, -0.1) is 0 Å². The Morgan fingerprint density at radius 2 is 2.20 bits per heavy atom. The molecule has 1 aromatic carbocycles. The molecule has 1 aliphatic rings. The van der Waals surface area contributed by atoms with Gasteiger partial charge in [-0.1, -0.05) is 5.16 Å². The second-order valence-electron chi connectivity index (χ2n) is 5.01. The van der Waals surface area contributed by atoms with Gasteiger partial charge in [0.15, 0.2) is 0 Å². The molecule has 0 amide bonds. The van der Waals surface area contributed by atoms with Crippen molar-refractivity contribution in [2.75, 3.05) is 13.2 Å². The largest absolute Gasteiger partial charge is 0.392 e. The Labute approximate surface area is 115 Å². The van der Waals surface area contributed by atoms with Gasteiger partial charge in [0.1, 0.15) is 5.82 Å². The number of aliphatic hydroxyl groups is 1. The van der Waals surface area contributed by atoms with Crippen molar-refractivity contribution < 1.29 is 18.8 Å². The number of aromatic nitrogens is 2. The Morgan fingerprint density at radius 1 is 1.35 bits per heavy atom. The SMILES string of the molecule is Cc1cc(F)cc(-c2noc(C3COCCC3O)n2)c1. The molecule has 5 nitrogen and oxygen atoms in total. The molecule has 1 N–H and O–H groups in total. The molecule has 0 spiro atoms. The van der Waals surface area contributed by atoms with Gasteiger partial charge in [-0.3, -0.25) is 0 Å². The van der Waals surface area contributed by atoms with Crippen LogP contribution in [0, 0.1) is 12.7 Å². The van der Waals surface area contributed by atoms with E-state index in [2.05, 4.69) is 10.1 Å². The van der Waals surface area contributed by atoms with Crippen LogP contribution in [0.2, 0.25) is 0 Å². The molecule has 0 radical (unpaired) electrons. The Balaban J connectivity index is 1.89. The average molecular weight is 278 g/mol. The van der Waals surface area contributed by atoms with Crippen molar-refractivity contribution in [3.8, 4) is 11.4 Å². The highest BCUT2D eigenvalue weighted by molar-refractivity contribution is 5.55. The predicted octanol–water partition coefficient (Wildman–Crippen LogP) is 2.05. The highest BCUT2D eigenvalue weighted by atomic mass is 19.1. The first-order chi connectivity index (χ1) is 9.63. The van der Waals surface area contributed by atoms with Gasteiger partial charge in [0.2, 0.25) is 11.7 Å². The number of aryl methyl sites for hydroxylation is 1. The molecule has 1 aromatic heterocycles. The molecule has 106 valence electrons. The summed E-state index contributed by atoms with van der Waals surface area (Å²) in [5.74, 6) is -0.0125. The second-order valence-corrected chi connectivity index (χ2v) is 5.01. The lowest BCUT2D eigenvalue weighted by Gasteiger charge is -2.24. The summed E-state index contributed by atoms with van der Waals surface area (Å²) in [5, 5.41) is 13.8. The van der Waals surface area contributed by atoms with Gasteiger partial charge in [-0.25, -0.2) is 4.39 Å². The fourth-order valence-electron chi connectivity index (χ4n) is 2.33. The minimum Gasteiger partial charge on any atom is -0.392 e. The van der Waals surface area contributed by atoms with Crippen molar-refractivity contribution in [3.05, 3.63) is 35.5 Å². The summed E-state index contributed by atoms with van der Waals surface area (Å²) in [5.41, 5.74) is 1.34. The maximum Gasteiger partial charge on any atom is 0.235 e. The topological polar surface area (TPSA) is 68.4 Å². The van der Waals surface area contributed by atoms with Crippen LogP contribution in [0.25, 0.3) is 11.4 Å². The fourth-order valence-corrected chi connectivity index (χ4v) is 2.33. The van der Waals surface area contributed by atoms with Crippen LogP contribution in [0.5, 0.6) is 0 Å². The summed E-state index contributed by atoms with van der Waals surface area (Å²) in [6.07, 6.45) is -0.00662.